The molecule has 26 heavy (non-hydrogen) atoms. The Balaban J connectivity index is 1.87. The topological polar surface area (TPSA) is 42.0 Å². The molecule has 4 heteroatoms. The van der Waals surface area contributed by atoms with Crippen molar-refractivity contribution in [3.63, 3.8) is 0 Å². The van der Waals surface area contributed by atoms with Crippen LogP contribution in [0.1, 0.15) is 28.6 Å². The van der Waals surface area contributed by atoms with E-state index in [1.165, 1.54) is 10.9 Å². The molecule has 130 valence electrons. The van der Waals surface area contributed by atoms with Gasteiger partial charge in [0.25, 0.3) is 5.82 Å². The Hall–Kier alpha value is -2.78. The summed E-state index contributed by atoms with van der Waals surface area (Å²) in [5.74, 6) is 0.981. The molecule has 0 fully saturated rings. The minimum atomic E-state index is 0.00136. The average Bonchev–Trinajstić information content (AvgIpc) is 2.96. The summed E-state index contributed by atoms with van der Waals surface area (Å²) in [5.41, 5.74) is 5.83. The first kappa shape index (κ1) is 16.7. The van der Waals surface area contributed by atoms with Crippen LogP contribution in [-0.4, -0.2) is 4.98 Å². The van der Waals surface area contributed by atoms with Gasteiger partial charge in [-0.25, -0.2) is 4.98 Å². The highest BCUT2D eigenvalue weighted by Gasteiger charge is 2.25. The van der Waals surface area contributed by atoms with E-state index in [-0.39, 0.29) is 6.04 Å². The Bertz CT molecular complexity index is 1050. The molecule has 0 unspecified atom stereocenters. The molecule has 0 bridgehead atoms. The summed E-state index contributed by atoms with van der Waals surface area (Å²) >= 11 is 6.12. The van der Waals surface area contributed by atoms with Crippen molar-refractivity contribution in [2.24, 2.45) is 0 Å². The molecule has 0 saturated heterocycles. The van der Waals surface area contributed by atoms with Gasteiger partial charge in [0.05, 0.1) is 5.69 Å². The van der Waals surface area contributed by atoms with Crippen LogP contribution in [0.25, 0.3) is 10.9 Å². The lowest BCUT2D eigenvalue weighted by Gasteiger charge is -2.16. The fraction of sp³-hybridized carbons (Fsp3) is 0.136. The highest BCUT2D eigenvalue weighted by molar-refractivity contribution is 6.30. The summed E-state index contributed by atoms with van der Waals surface area (Å²) in [5, 5.41) is 5.64. The van der Waals surface area contributed by atoms with Gasteiger partial charge >= 0.3 is 0 Å². The maximum atomic E-state index is 6.12. The minimum Gasteiger partial charge on any atom is -0.358 e. The number of hydrogen-bond acceptors (Lipinski definition) is 1. The van der Waals surface area contributed by atoms with Crippen molar-refractivity contribution in [3.8, 4) is 0 Å². The van der Waals surface area contributed by atoms with Crippen LogP contribution in [0.5, 0.6) is 0 Å². The Kier molecular flexibility index (Phi) is 4.39. The van der Waals surface area contributed by atoms with Crippen molar-refractivity contribution >= 4 is 28.3 Å². The molecule has 3 nitrogen and oxygen atoms in total. The molecule has 0 saturated carbocycles. The first-order valence-electron chi connectivity index (χ1n) is 8.70. The fourth-order valence-electron chi connectivity index (χ4n) is 3.47. The maximum Gasteiger partial charge on any atom is 0.273 e. The second kappa shape index (κ2) is 6.85. The summed E-state index contributed by atoms with van der Waals surface area (Å²) in [6.07, 6.45) is 0. The molecule has 4 rings (SSSR count). The second-order valence-corrected chi connectivity index (χ2v) is 7.02. The van der Waals surface area contributed by atoms with Gasteiger partial charge in [-0.05, 0) is 38.1 Å². The smallest absolute Gasteiger partial charge is 0.273 e. The van der Waals surface area contributed by atoms with Gasteiger partial charge in [-0.1, -0.05) is 48.0 Å². The number of pyridine rings is 1. The monoisotopic (exact) mass is 362 g/mol. The molecular weight excluding hydrogens is 342 g/mol. The molecule has 2 aromatic heterocycles. The zero-order valence-corrected chi connectivity index (χ0v) is 15.6. The summed E-state index contributed by atoms with van der Waals surface area (Å²) in [4.78, 5) is 6.91. The quantitative estimate of drug-likeness (QED) is 0.497. The summed E-state index contributed by atoms with van der Waals surface area (Å²) < 4.78 is 0. The van der Waals surface area contributed by atoms with E-state index in [9.17, 15) is 0 Å². The maximum absolute atomic E-state index is 6.12. The third-order valence-corrected chi connectivity index (χ3v) is 4.93. The van der Waals surface area contributed by atoms with Crippen LogP contribution in [0, 0.1) is 13.8 Å². The molecule has 4 aromatic rings. The Morgan fingerprint density at radius 1 is 0.923 bits per heavy atom. The van der Waals surface area contributed by atoms with E-state index in [1.807, 2.05) is 12.1 Å². The molecule has 0 aliphatic carbocycles. The molecule has 1 atom stereocenters. The number of aromatic amines is 2. The third-order valence-electron chi connectivity index (χ3n) is 4.68. The van der Waals surface area contributed by atoms with E-state index < -0.39 is 0 Å². The van der Waals surface area contributed by atoms with Crippen LogP contribution < -0.4 is 10.3 Å². The number of nitrogens with one attached hydrogen (secondary N) is 3. The second-order valence-electron chi connectivity index (χ2n) is 6.59. The van der Waals surface area contributed by atoms with Gasteiger partial charge in [0.1, 0.15) is 6.04 Å². The first-order valence-corrected chi connectivity index (χ1v) is 9.08. The van der Waals surface area contributed by atoms with Gasteiger partial charge in [0.2, 0.25) is 0 Å². The molecule has 2 heterocycles. The van der Waals surface area contributed by atoms with Crippen LogP contribution in [-0.2, 0) is 0 Å². The molecular formula is C22H21ClN3+. The zero-order valence-electron chi connectivity index (χ0n) is 14.8. The van der Waals surface area contributed by atoms with Crippen LogP contribution in [0.3, 0.4) is 0 Å². The number of H-pyrrole nitrogens is 2. The number of aryl methyl sites for hydroxylation is 2. The largest absolute Gasteiger partial charge is 0.358 e. The van der Waals surface area contributed by atoms with E-state index in [2.05, 4.69) is 83.7 Å². The Morgan fingerprint density at radius 2 is 1.69 bits per heavy atom. The molecule has 0 aliphatic heterocycles. The number of halogens is 1. The number of para-hydroxylation sites is 1. The number of rotatable bonds is 4. The van der Waals surface area contributed by atoms with Crippen molar-refractivity contribution in [1.82, 2.24) is 4.98 Å². The van der Waals surface area contributed by atoms with Crippen molar-refractivity contribution in [2.45, 2.75) is 19.9 Å². The third kappa shape index (κ3) is 3.18. The van der Waals surface area contributed by atoms with Gasteiger partial charge in [0.15, 0.2) is 0 Å². The van der Waals surface area contributed by atoms with E-state index >= 15 is 0 Å². The number of fused-ring (bicyclic) bond motifs is 1. The van der Waals surface area contributed by atoms with Crippen molar-refractivity contribution < 1.29 is 4.98 Å². The molecule has 0 spiro atoms. The van der Waals surface area contributed by atoms with Crippen LogP contribution >= 0.6 is 11.6 Å². The standard InChI is InChI=1S/C22H20ClN3/c1-14-6-5-9-20(24-14)26-22(16-10-12-17(23)13-11-16)21-15(2)25-19-8-4-3-7-18(19)21/h3-13,22,25H,1-2H3,(H,24,26)/p+1/t22-/m0/s1. The predicted molar refractivity (Wildman–Crippen MR) is 108 cm³/mol. The van der Waals surface area contributed by atoms with Gasteiger partial charge in [-0.15, -0.1) is 0 Å². The zero-order chi connectivity index (χ0) is 18.1. The Labute approximate surface area is 158 Å². The lowest BCUT2D eigenvalue weighted by Crippen LogP contribution is -2.21. The van der Waals surface area contributed by atoms with Crippen molar-refractivity contribution in [1.29, 1.82) is 0 Å². The lowest BCUT2D eigenvalue weighted by atomic mass is 9.96. The molecule has 2 aromatic carbocycles. The Morgan fingerprint density at radius 3 is 2.46 bits per heavy atom. The summed E-state index contributed by atoms with van der Waals surface area (Å²) in [7, 11) is 0. The van der Waals surface area contributed by atoms with Crippen molar-refractivity contribution in [2.75, 3.05) is 5.32 Å². The fourth-order valence-corrected chi connectivity index (χ4v) is 3.60. The summed E-state index contributed by atoms with van der Waals surface area (Å²) in [6, 6.07) is 22.6. The van der Waals surface area contributed by atoms with E-state index in [4.69, 9.17) is 11.6 Å². The van der Waals surface area contributed by atoms with Crippen LogP contribution in [0.15, 0.2) is 66.7 Å². The van der Waals surface area contributed by atoms with Crippen molar-refractivity contribution in [3.05, 3.63) is 94.3 Å². The molecule has 0 aliphatic rings. The van der Waals surface area contributed by atoms with E-state index in [0.717, 1.165) is 33.3 Å². The number of benzene rings is 2. The first-order chi connectivity index (χ1) is 12.6. The predicted octanol–water partition coefficient (Wildman–Crippen LogP) is 5.45. The van der Waals surface area contributed by atoms with Crippen LogP contribution in [0.2, 0.25) is 5.02 Å². The van der Waals surface area contributed by atoms with Gasteiger partial charge in [-0.3, -0.25) is 5.32 Å². The van der Waals surface area contributed by atoms with Gasteiger partial charge in [0, 0.05) is 38.8 Å². The molecule has 0 radical (unpaired) electrons. The minimum absolute atomic E-state index is 0.00136. The SMILES string of the molecule is Cc1cccc(N[C@@H](c2ccc(Cl)cc2)c2c(C)[nH]c3ccccc23)[nH+]1. The van der Waals surface area contributed by atoms with E-state index in [0.29, 0.717) is 0 Å². The average molecular weight is 363 g/mol. The number of aromatic nitrogens is 2. The van der Waals surface area contributed by atoms with Gasteiger partial charge < -0.3 is 4.98 Å². The van der Waals surface area contributed by atoms with Gasteiger partial charge in [-0.2, -0.15) is 0 Å². The number of anilines is 1. The summed E-state index contributed by atoms with van der Waals surface area (Å²) in [6.45, 7) is 4.18. The normalized spacial score (nSPS) is 12.3. The molecule has 0 amide bonds. The van der Waals surface area contributed by atoms with Crippen LogP contribution in [0.4, 0.5) is 5.82 Å². The van der Waals surface area contributed by atoms with E-state index in [1.54, 1.807) is 0 Å². The number of hydrogen-bond donors (Lipinski definition) is 2. The lowest BCUT2D eigenvalue weighted by molar-refractivity contribution is -0.371. The highest BCUT2D eigenvalue weighted by atomic mass is 35.5. The molecule has 3 N–H and O–H groups in total. The highest BCUT2D eigenvalue weighted by Crippen LogP contribution is 2.34.